The molecule has 1 amide bonds. The fourth-order valence-electron chi connectivity index (χ4n) is 4.95. The van der Waals surface area contributed by atoms with Gasteiger partial charge in [-0.1, -0.05) is 58.0 Å². The number of nitrogens with one attached hydrogen (secondary N) is 1. The summed E-state index contributed by atoms with van der Waals surface area (Å²) in [6.45, 7) is 14.5. The van der Waals surface area contributed by atoms with Crippen LogP contribution < -0.4 is 10.1 Å². The third-order valence-corrected chi connectivity index (χ3v) is 7.27. The highest BCUT2D eigenvalue weighted by Gasteiger charge is 2.37. The molecule has 0 spiro atoms. The van der Waals surface area contributed by atoms with E-state index in [9.17, 15) is 4.79 Å². The van der Waals surface area contributed by atoms with Crippen LogP contribution in [-0.2, 0) is 23.8 Å². The molecule has 0 radical (unpaired) electrons. The molecule has 0 fully saturated rings. The summed E-state index contributed by atoms with van der Waals surface area (Å²) in [4.78, 5) is 12.7. The van der Waals surface area contributed by atoms with Crippen molar-refractivity contribution in [2.45, 2.75) is 78.2 Å². The first kappa shape index (κ1) is 24.1. The largest absolute Gasteiger partial charge is 0.494 e. The minimum atomic E-state index is -0.220. The zero-order valence-corrected chi connectivity index (χ0v) is 21.4. The summed E-state index contributed by atoms with van der Waals surface area (Å²) in [6, 6.07) is 16.2. The third kappa shape index (κ3) is 4.91. The smallest absolute Gasteiger partial charge is 0.287 e. The minimum Gasteiger partial charge on any atom is -0.494 e. The van der Waals surface area contributed by atoms with Gasteiger partial charge >= 0.3 is 0 Å². The fraction of sp³-hybridized carbons (Fsp3) is 0.433. The first-order chi connectivity index (χ1) is 16.1. The number of aryl methyl sites for hydroxylation is 1. The number of para-hydroxylation sites is 1. The molecular formula is C30H37NO3. The number of ether oxygens (including phenoxy) is 1. The van der Waals surface area contributed by atoms with Gasteiger partial charge in [-0.05, 0) is 78.0 Å². The molecule has 0 atom stereocenters. The van der Waals surface area contributed by atoms with Crippen LogP contribution in [0.15, 0.2) is 52.9 Å². The second kappa shape index (κ2) is 9.32. The molecule has 2 aromatic carbocycles. The SMILES string of the molecule is CCOc1ccccc1CNC(=O)c1ccc(Cc2cc3c(cc2C)C(C)(C)CCC3(C)C)o1. The first-order valence-electron chi connectivity index (χ1n) is 12.3. The summed E-state index contributed by atoms with van der Waals surface area (Å²) in [5.41, 5.74) is 6.76. The topological polar surface area (TPSA) is 51.5 Å². The van der Waals surface area contributed by atoms with Crippen molar-refractivity contribution in [3.05, 3.63) is 87.9 Å². The Morgan fingerprint density at radius 1 is 0.971 bits per heavy atom. The maximum atomic E-state index is 12.7. The van der Waals surface area contributed by atoms with Gasteiger partial charge < -0.3 is 14.5 Å². The molecule has 0 unspecified atom stereocenters. The maximum absolute atomic E-state index is 12.7. The van der Waals surface area contributed by atoms with Crippen LogP contribution in [0.3, 0.4) is 0 Å². The van der Waals surface area contributed by atoms with Gasteiger partial charge in [0.05, 0.1) is 6.61 Å². The summed E-state index contributed by atoms with van der Waals surface area (Å²) < 4.78 is 11.6. The highest BCUT2D eigenvalue weighted by molar-refractivity contribution is 5.91. The normalized spacial score (nSPS) is 16.1. The van der Waals surface area contributed by atoms with E-state index >= 15 is 0 Å². The predicted molar refractivity (Wildman–Crippen MR) is 137 cm³/mol. The molecule has 0 aliphatic heterocycles. The molecule has 1 aliphatic carbocycles. The molecule has 4 heteroatoms. The molecule has 1 aromatic heterocycles. The van der Waals surface area contributed by atoms with Crippen LogP contribution >= 0.6 is 0 Å². The number of fused-ring (bicyclic) bond motifs is 1. The molecule has 180 valence electrons. The molecule has 1 heterocycles. The van der Waals surface area contributed by atoms with Crippen molar-refractivity contribution in [1.29, 1.82) is 0 Å². The second-order valence-corrected chi connectivity index (χ2v) is 10.8. The van der Waals surface area contributed by atoms with Gasteiger partial charge in [-0.3, -0.25) is 4.79 Å². The summed E-state index contributed by atoms with van der Waals surface area (Å²) >= 11 is 0. The average molecular weight is 460 g/mol. The number of carbonyl (C=O) groups is 1. The van der Waals surface area contributed by atoms with Crippen molar-refractivity contribution >= 4 is 5.91 Å². The van der Waals surface area contributed by atoms with Gasteiger partial charge in [-0.2, -0.15) is 0 Å². The number of benzene rings is 2. The summed E-state index contributed by atoms with van der Waals surface area (Å²) in [5, 5.41) is 2.95. The molecule has 1 aliphatic rings. The standard InChI is InChI=1S/C30H37NO3/c1-7-33-26-11-9-8-10-21(26)19-31-28(32)27-13-12-23(34-27)17-22-18-25-24(16-20(22)2)29(3,4)14-15-30(25,5)6/h8-13,16,18H,7,14-15,17,19H2,1-6H3,(H,31,32). The van der Waals surface area contributed by atoms with Crippen molar-refractivity contribution in [1.82, 2.24) is 5.32 Å². The Kier molecular flexibility index (Phi) is 6.62. The van der Waals surface area contributed by atoms with Gasteiger partial charge in [0.15, 0.2) is 5.76 Å². The molecule has 4 rings (SSSR count). The second-order valence-electron chi connectivity index (χ2n) is 10.8. The van der Waals surface area contributed by atoms with Crippen molar-refractivity contribution in [3.63, 3.8) is 0 Å². The summed E-state index contributed by atoms with van der Waals surface area (Å²) in [6.07, 6.45) is 3.07. The van der Waals surface area contributed by atoms with Crippen LogP contribution in [0, 0.1) is 6.92 Å². The van der Waals surface area contributed by atoms with E-state index in [1.165, 1.54) is 35.1 Å². The van der Waals surface area contributed by atoms with Crippen LogP contribution in [0.4, 0.5) is 0 Å². The minimum absolute atomic E-state index is 0.166. The van der Waals surface area contributed by atoms with Gasteiger partial charge in [0, 0.05) is 18.5 Å². The molecular weight excluding hydrogens is 422 g/mol. The van der Waals surface area contributed by atoms with E-state index < -0.39 is 0 Å². The van der Waals surface area contributed by atoms with Crippen LogP contribution in [0.2, 0.25) is 0 Å². The fourth-order valence-corrected chi connectivity index (χ4v) is 4.95. The van der Waals surface area contributed by atoms with Crippen LogP contribution in [0.1, 0.15) is 91.6 Å². The monoisotopic (exact) mass is 459 g/mol. The van der Waals surface area contributed by atoms with Gasteiger partial charge in [-0.25, -0.2) is 0 Å². The zero-order chi connectivity index (χ0) is 24.5. The highest BCUT2D eigenvalue weighted by atomic mass is 16.5. The number of rotatable bonds is 7. The van der Waals surface area contributed by atoms with E-state index in [4.69, 9.17) is 9.15 Å². The molecule has 0 saturated heterocycles. The predicted octanol–water partition coefficient (Wildman–Crippen LogP) is 6.86. The molecule has 0 bridgehead atoms. The lowest BCUT2D eigenvalue weighted by Crippen LogP contribution is -2.34. The highest BCUT2D eigenvalue weighted by Crippen LogP contribution is 2.46. The first-order valence-corrected chi connectivity index (χ1v) is 12.3. The molecule has 4 nitrogen and oxygen atoms in total. The van der Waals surface area contributed by atoms with Crippen molar-refractivity contribution in [3.8, 4) is 5.75 Å². The number of carbonyl (C=O) groups excluding carboxylic acids is 1. The Hall–Kier alpha value is -3.01. The van der Waals surface area contributed by atoms with Crippen molar-refractivity contribution in [2.24, 2.45) is 0 Å². The van der Waals surface area contributed by atoms with E-state index in [0.29, 0.717) is 25.3 Å². The van der Waals surface area contributed by atoms with E-state index in [2.05, 4.69) is 52.1 Å². The van der Waals surface area contributed by atoms with Crippen molar-refractivity contribution in [2.75, 3.05) is 6.61 Å². The summed E-state index contributed by atoms with van der Waals surface area (Å²) in [5.74, 6) is 1.71. The summed E-state index contributed by atoms with van der Waals surface area (Å²) in [7, 11) is 0. The van der Waals surface area contributed by atoms with Crippen LogP contribution in [0.25, 0.3) is 0 Å². The molecule has 1 N–H and O–H groups in total. The Labute approximate surface area is 203 Å². The number of hydrogen-bond acceptors (Lipinski definition) is 3. The Morgan fingerprint density at radius 2 is 1.65 bits per heavy atom. The average Bonchev–Trinajstić information content (AvgIpc) is 3.26. The van der Waals surface area contributed by atoms with Gasteiger partial charge in [0.1, 0.15) is 11.5 Å². The lowest BCUT2D eigenvalue weighted by Gasteiger charge is -2.42. The van der Waals surface area contributed by atoms with Gasteiger partial charge in [-0.15, -0.1) is 0 Å². The van der Waals surface area contributed by atoms with E-state index in [1.807, 2.05) is 37.3 Å². The third-order valence-electron chi connectivity index (χ3n) is 7.27. The van der Waals surface area contributed by atoms with Gasteiger partial charge in [0.25, 0.3) is 5.91 Å². The zero-order valence-electron chi connectivity index (χ0n) is 21.4. The van der Waals surface area contributed by atoms with Gasteiger partial charge in [0.2, 0.25) is 0 Å². The Balaban J connectivity index is 1.49. The van der Waals surface area contributed by atoms with E-state index in [1.54, 1.807) is 6.07 Å². The van der Waals surface area contributed by atoms with Crippen LogP contribution in [-0.4, -0.2) is 12.5 Å². The Morgan fingerprint density at radius 3 is 2.35 bits per heavy atom. The van der Waals surface area contributed by atoms with E-state index in [0.717, 1.165) is 17.1 Å². The van der Waals surface area contributed by atoms with E-state index in [-0.39, 0.29) is 16.7 Å². The molecule has 34 heavy (non-hydrogen) atoms. The Bertz CT molecular complexity index is 1190. The molecule has 3 aromatic rings. The number of furan rings is 1. The quantitative estimate of drug-likeness (QED) is 0.420. The lowest BCUT2D eigenvalue weighted by molar-refractivity contribution is 0.0921. The number of hydrogen-bond donors (Lipinski definition) is 1. The lowest BCUT2D eigenvalue weighted by atomic mass is 9.62. The van der Waals surface area contributed by atoms with Crippen molar-refractivity contribution < 1.29 is 13.9 Å². The van der Waals surface area contributed by atoms with Crippen LogP contribution in [0.5, 0.6) is 5.75 Å². The number of amides is 1. The maximum Gasteiger partial charge on any atom is 0.287 e. The molecule has 0 saturated carbocycles.